The standard InChI is InChI=1S/C20H21N3O2S2/c1-14-10-15(2)12-17(11-14)23-19(16-6-4-3-5-7-16)21-22-20(23)26-18-8-9-27(24,25)13-18/h3-7,10-12,18H,8-9,13H2,1-2H3. The van der Waals surface area contributed by atoms with E-state index < -0.39 is 9.84 Å². The molecule has 7 heteroatoms. The van der Waals surface area contributed by atoms with Crippen molar-refractivity contribution in [1.29, 1.82) is 0 Å². The molecule has 1 aliphatic heterocycles. The highest BCUT2D eigenvalue weighted by Gasteiger charge is 2.30. The Bertz CT molecular complexity index is 1060. The number of rotatable bonds is 4. The molecule has 4 rings (SSSR count). The zero-order valence-electron chi connectivity index (χ0n) is 15.3. The molecule has 2 heterocycles. The Morgan fingerprint density at radius 2 is 1.74 bits per heavy atom. The topological polar surface area (TPSA) is 64.8 Å². The summed E-state index contributed by atoms with van der Waals surface area (Å²) in [5.41, 5.74) is 4.31. The second-order valence-corrected chi connectivity index (χ2v) is 10.5. The maximum absolute atomic E-state index is 11.8. The number of sulfone groups is 1. The van der Waals surface area contributed by atoms with E-state index in [-0.39, 0.29) is 16.8 Å². The van der Waals surface area contributed by atoms with Gasteiger partial charge >= 0.3 is 0 Å². The summed E-state index contributed by atoms with van der Waals surface area (Å²) in [6.07, 6.45) is 0.660. The Hall–Kier alpha value is -2.12. The van der Waals surface area contributed by atoms with Crippen LogP contribution in [-0.2, 0) is 9.84 Å². The van der Waals surface area contributed by atoms with E-state index >= 15 is 0 Å². The molecule has 1 aliphatic rings. The van der Waals surface area contributed by atoms with Gasteiger partial charge in [-0.2, -0.15) is 0 Å². The Labute approximate surface area is 163 Å². The van der Waals surface area contributed by atoms with Gasteiger partial charge in [0.15, 0.2) is 20.8 Å². The van der Waals surface area contributed by atoms with E-state index in [4.69, 9.17) is 0 Å². The highest BCUT2D eigenvalue weighted by Crippen LogP contribution is 2.34. The van der Waals surface area contributed by atoms with Crippen LogP contribution in [0.3, 0.4) is 0 Å². The molecule has 27 heavy (non-hydrogen) atoms. The lowest BCUT2D eigenvalue weighted by Crippen LogP contribution is -2.08. The molecule has 1 unspecified atom stereocenters. The Kier molecular flexibility index (Phi) is 4.82. The van der Waals surface area contributed by atoms with Crippen LogP contribution in [0.25, 0.3) is 17.1 Å². The molecule has 0 radical (unpaired) electrons. The van der Waals surface area contributed by atoms with Crippen LogP contribution in [0.5, 0.6) is 0 Å². The fraction of sp³-hybridized carbons (Fsp3) is 0.300. The average molecular weight is 400 g/mol. The van der Waals surface area contributed by atoms with Crippen LogP contribution in [0, 0.1) is 13.8 Å². The van der Waals surface area contributed by atoms with E-state index in [9.17, 15) is 8.42 Å². The van der Waals surface area contributed by atoms with Gasteiger partial charge in [0, 0.05) is 10.8 Å². The van der Waals surface area contributed by atoms with Crippen molar-refractivity contribution in [2.45, 2.75) is 30.7 Å². The summed E-state index contributed by atoms with van der Waals surface area (Å²) >= 11 is 1.51. The Morgan fingerprint density at radius 1 is 1.04 bits per heavy atom. The normalized spacial score (nSPS) is 18.7. The van der Waals surface area contributed by atoms with Crippen molar-refractivity contribution >= 4 is 21.6 Å². The molecule has 1 saturated heterocycles. The molecular formula is C20H21N3O2S2. The molecule has 2 aromatic carbocycles. The van der Waals surface area contributed by atoms with Gasteiger partial charge in [0.05, 0.1) is 17.2 Å². The fourth-order valence-corrected chi connectivity index (χ4v) is 6.94. The van der Waals surface area contributed by atoms with Gasteiger partial charge in [-0.15, -0.1) is 10.2 Å². The van der Waals surface area contributed by atoms with Crippen molar-refractivity contribution in [2.75, 3.05) is 11.5 Å². The van der Waals surface area contributed by atoms with Gasteiger partial charge < -0.3 is 0 Å². The molecule has 0 amide bonds. The predicted molar refractivity (Wildman–Crippen MR) is 109 cm³/mol. The van der Waals surface area contributed by atoms with Gasteiger partial charge in [-0.25, -0.2) is 8.42 Å². The largest absolute Gasteiger partial charge is 0.270 e. The summed E-state index contributed by atoms with van der Waals surface area (Å²) in [7, 11) is -2.93. The minimum absolute atomic E-state index is 0.0208. The van der Waals surface area contributed by atoms with Gasteiger partial charge in [0.2, 0.25) is 0 Å². The zero-order chi connectivity index (χ0) is 19.0. The highest BCUT2D eigenvalue weighted by molar-refractivity contribution is 8.01. The number of thioether (sulfide) groups is 1. The first-order chi connectivity index (χ1) is 12.9. The quantitative estimate of drug-likeness (QED) is 0.667. The minimum Gasteiger partial charge on any atom is -0.270 e. The molecule has 0 aliphatic carbocycles. The fourth-order valence-electron chi connectivity index (χ4n) is 3.44. The third-order valence-corrected chi connectivity index (χ3v) is 7.78. The van der Waals surface area contributed by atoms with Crippen LogP contribution in [-0.4, -0.2) is 39.9 Å². The number of benzene rings is 2. The minimum atomic E-state index is -2.93. The van der Waals surface area contributed by atoms with Crippen LogP contribution in [0.4, 0.5) is 0 Å². The number of hydrogen-bond acceptors (Lipinski definition) is 5. The molecule has 3 aromatic rings. The van der Waals surface area contributed by atoms with E-state index in [1.807, 2.05) is 34.9 Å². The summed E-state index contributed by atoms with van der Waals surface area (Å²) in [4.78, 5) is 0. The second kappa shape index (κ2) is 7.13. The van der Waals surface area contributed by atoms with Crippen molar-refractivity contribution in [1.82, 2.24) is 14.8 Å². The summed E-state index contributed by atoms with van der Waals surface area (Å²) in [6, 6.07) is 16.3. The molecule has 1 fully saturated rings. The summed E-state index contributed by atoms with van der Waals surface area (Å²) in [6.45, 7) is 4.14. The maximum Gasteiger partial charge on any atom is 0.196 e. The summed E-state index contributed by atoms with van der Waals surface area (Å²) < 4.78 is 25.7. The number of hydrogen-bond donors (Lipinski definition) is 0. The van der Waals surface area contributed by atoms with Crippen molar-refractivity contribution in [3.8, 4) is 17.1 Å². The summed E-state index contributed by atoms with van der Waals surface area (Å²) in [5.74, 6) is 1.23. The van der Waals surface area contributed by atoms with Gasteiger partial charge in [0.25, 0.3) is 0 Å². The highest BCUT2D eigenvalue weighted by atomic mass is 32.2. The number of aryl methyl sites for hydroxylation is 2. The molecule has 0 spiro atoms. The van der Waals surface area contributed by atoms with Gasteiger partial charge in [-0.05, 0) is 43.5 Å². The third-order valence-electron chi connectivity index (χ3n) is 4.59. The van der Waals surface area contributed by atoms with E-state index in [0.29, 0.717) is 6.42 Å². The van der Waals surface area contributed by atoms with Crippen LogP contribution in [0.15, 0.2) is 53.7 Å². The van der Waals surface area contributed by atoms with E-state index in [2.05, 4.69) is 42.2 Å². The lowest BCUT2D eigenvalue weighted by Gasteiger charge is -2.14. The van der Waals surface area contributed by atoms with Crippen LogP contribution in [0.1, 0.15) is 17.5 Å². The van der Waals surface area contributed by atoms with Gasteiger partial charge in [-0.3, -0.25) is 4.57 Å². The van der Waals surface area contributed by atoms with Gasteiger partial charge in [0.1, 0.15) is 0 Å². The first-order valence-electron chi connectivity index (χ1n) is 8.88. The molecule has 0 N–H and O–H groups in total. The Balaban J connectivity index is 1.81. The smallest absolute Gasteiger partial charge is 0.196 e. The monoisotopic (exact) mass is 399 g/mol. The first kappa shape index (κ1) is 18.3. The molecule has 0 bridgehead atoms. The number of nitrogens with zero attached hydrogens (tertiary/aromatic N) is 3. The molecule has 140 valence electrons. The third kappa shape index (κ3) is 3.94. The lowest BCUT2D eigenvalue weighted by atomic mass is 10.1. The first-order valence-corrected chi connectivity index (χ1v) is 11.6. The molecule has 5 nitrogen and oxygen atoms in total. The SMILES string of the molecule is Cc1cc(C)cc(-n2c(SC3CCS(=O)(=O)C3)nnc2-c2ccccc2)c1. The zero-order valence-corrected chi connectivity index (χ0v) is 16.9. The predicted octanol–water partition coefficient (Wildman–Crippen LogP) is 3.83. The van der Waals surface area contributed by atoms with E-state index in [1.54, 1.807) is 0 Å². The van der Waals surface area contributed by atoms with Crippen LogP contribution < -0.4 is 0 Å². The van der Waals surface area contributed by atoms with Crippen molar-refractivity contribution in [3.05, 3.63) is 59.7 Å². The van der Waals surface area contributed by atoms with E-state index in [1.165, 1.54) is 11.8 Å². The summed E-state index contributed by atoms with van der Waals surface area (Å²) in [5, 5.41) is 9.62. The Morgan fingerprint density at radius 3 is 2.37 bits per heavy atom. The van der Waals surface area contributed by atoms with Crippen LogP contribution in [0.2, 0.25) is 0 Å². The number of aromatic nitrogens is 3. The molecule has 0 saturated carbocycles. The van der Waals surface area contributed by atoms with E-state index in [0.717, 1.165) is 33.4 Å². The van der Waals surface area contributed by atoms with Crippen molar-refractivity contribution in [3.63, 3.8) is 0 Å². The average Bonchev–Trinajstić information content (AvgIpc) is 3.18. The molecule has 1 atom stereocenters. The maximum atomic E-state index is 11.8. The molecule has 1 aromatic heterocycles. The van der Waals surface area contributed by atoms with Crippen LogP contribution >= 0.6 is 11.8 Å². The lowest BCUT2D eigenvalue weighted by molar-refractivity contribution is 0.602. The second-order valence-electron chi connectivity index (χ2n) is 7.00. The van der Waals surface area contributed by atoms with Crippen molar-refractivity contribution < 1.29 is 8.42 Å². The molecular weight excluding hydrogens is 378 g/mol. The van der Waals surface area contributed by atoms with Gasteiger partial charge in [-0.1, -0.05) is 48.2 Å². The van der Waals surface area contributed by atoms with Crippen molar-refractivity contribution in [2.24, 2.45) is 0 Å².